The zero-order valence-corrected chi connectivity index (χ0v) is 7.08. The lowest BCUT2D eigenvalue weighted by Gasteiger charge is -2.07. The topological polar surface area (TPSA) is 123 Å². The van der Waals surface area contributed by atoms with Crippen LogP contribution in [0.1, 0.15) is 12.8 Å². The van der Waals surface area contributed by atoms with Gasteiger partial charge in [0.1, 0.15) is 16.3 Å². The summed E-state index contributed by atoms with van der Waals surface area (Å²) >= 11 is 0. The number of hydrogen-bond donors (Lipinski definition) is 0. The van der Waals surface area contributed by atoms with Crippen LogP contribution in [-0.4, -0.2) is 28.2 Å². The van der Waals surface area contributed by atoms with Crippen molar-refractivity contribution in [3.05, 3.63) is 20.2 Å². The van der Waals surface area contributed by atoms with Crippen LogP contribution in [0, 0.1) is 31.6 Å². The van der Waals surface area contributed by atoms with Gasteiger partial charge >= 0.3 is 5.66 Å². The highest BCUT2D eigenvalue weighted by molar-refractivity contribution is 4.93. The molecule has 0 aromatic rings. The van der Waals surface area contributed by atoms with E-state index in [2.05, 4.69) is 0 Å². The second-order valence-corrected chi connectivity index (χ2v) is 2.94. The fourth-order valence-electron chi connectivity index (χ4n) is 0.984. The molecule has 0 aliphatic carbocycles. The summed E-state index contributed by atoms with van der Waals surface area (Å²) in [6.45, 7) is 0.455. The third-order valence-electron chi connectivity index (χ3n) is 2.00. The number of nitro groups is 2. The zero-order chi connectivity index (χ0) is 10.8. The fourth-order valence-corrected chi connectivity index (χ4v) is 0.984. The molecule has 1 heterocycles. The predicted octanol–water partition coefficient (Wildman–Crippen LogP) is -0.0613. The quantitative estimate of drug-likeness (QED) is 0.265. The molecule has 1 fully saturated rings. The molecule has 0 aromatic carbocycles. The summed E-state index contributed by atoms with van der Waals surface area (Å²) in [4.78, 5) is 18.5. The minimum atomic E-state index is -2.72. The smallest absolute Gasteiger partial charge is 0.373 e. The first-order valence-corrected chi connectivity index (χ1v) is 3.85. The van der Waals surface area contributed by atoms with Gasteiger partial charge in [-0.2, -0.15) is 5.26 Å². The molecule has 76 valence electrons. The molecule has 1 atom stereocenters. The number of rotatable bonds is 5. The molecule has 1 aliphatic heterocycles. The SMILES string of the molecule is N#CC(CCC1CO1)([N+](=O)[O-])[N+](=O)[O-]. The molecule has 0 bridgehead atoms. The van der Waals surface area contributed by atoms with Crippen LogP contribution >= 0.6 is 0 Å². The Morgan fingerprint density at radius 3 is 2.29 bits per heavy atom. The van der Waals surface area contributed by atoms with Gasteiger partial charge in [-0.05, 0) is 6.42 Å². The van der Waals surface area contributed by atoms with Crippen molar-refractivity contribution < 1.29 is 14.6 Å². The van der Waals surface area contributed by atoms with Crippen molar-refractivity contribution in [3.63, 3.8) is 0 Å². The van der Waals surface area contributed by atoms with Crippen LogP contribution in [-0.2, 0) is 4.74 Å². The number of nitriles is 1. The lowest BCUT2D eigenvalue weighted by atomic mass is 10.1. The van der Waals surface area contributed by atoms with Crippen LogP contribution in [0.4, 0.5) is 0 Å². The largest absolute Gasteiger partial charge is 0.543 e. The molecule has 0 N–H and O–H groups in total. The summed E-state index contributed by atoms with van der Waals surface area (Å²) in [7, 11) is 0. The van der Waals surface area contributed by atoms with Gasteiger partial charge in [0.15, 0.2) is 0 Å². The summed E-state index contributed by atoms with van der Waals surface area (Å²) in [5.41, 5.74) is -2.72. The average molecular weight is 201 g/mol. The van der Waals surface area contributed by atoms with E-state index in [-0.39, 0.29) is 12.5 Å². The third kappa shape index (κ3) is 1.77. The predicted molar refractivity (Wildman–Crippen MR) is 41.3 cm³/mol. The van der Waals surface area contributed by atoms with Crippen LogP contribution in [0.2, 0.25) is 0 Å². The molecule has 0 aromatic heterocycles. The summed E-state index contributed by atoms with van der Waals surface area (Å²) in [5.74, 6) is 0. The first kappa shape index (κ1) is 10.3. The second kappa shape index (κ2) is 3.55. The van der Waals surface area contributed by atoms with Gasteiger partial charge in [0.25, 0.3) is 0 Å². The van der Waals surface area contributed by atoms with E-state index in [1.807, 2.05) is 0 Å². The third-order valence-corrected chi connectivity index (χ3v) is 2.00. The van der Waals surface area contributed by atoms with Crippen LogP contribution in [0.5, 0.6) is 0 Å². The lowest BCUT2D eigenvalue weighted by Crippen LogP contribution is -2.45. The number of nitrogens with zero attached hydrogens (tertiary/aromatic N) is 3. The Hall–Kier alpha value is -1.75. The van der Waals surface area contributed by atoms with Crippen LogP contribution in [0.25, 0.3) is 0 Å². The molecule has 1 saturated heterocycles. The van der Waals surface area contributed by atoms with Crippen LogP contribution in [0.3, 0.4) is 0 Å². The van der Waals surface area contributed by atoms with Crippen molar-refractivity contribution in [2.45, 2.75) is 24.6 Å². The molecule has 1 unspecified atom stereocenters. The van der Waals surface area contributed by atoms with Gasteiger partial charge in [-0.15, -0.1) is 0 Å². The van der Waals surface area contributed by atoms with E-state index < -0.39 is 21.9 Å². The van der Waals surface area contributed by atoms with Crippen molar-refractivity contribution in [2.75, 3.05) is 6.61 Å². The maximum Gasteiger partial charge on any atom is 0.543 e. The molecule has 0 radical (unpaired) electrons. The fraction of sp³-hybridized carbons (Fsp3) is 0.833. The van der Waals surface area contributed by atoms with Gasteiger partial charge in [-0.25, -0.2) is 0 Å². The second-order valence-electron chi connectivity index (χ2n) is 2.94. The van der Waals surface area contributed by atoms with Gasteiger partial charge in [-0.1, -0.05) is 0 Å². The van der Waals surface area contributed by atoms with E-state index in [1.165, 1.54) is 0 Å². The van der Waals surface area contributed by atoms with E-state index in [9.17, 15) is 20.2 Å². The molecule has 14 heavy (non-hydrogen) atoms. The highest BCUT2D eigenvalue weighted by Crippen LogP contribution is 2.23. The van der Waals surface area contributed by atoms with Gasteiger partial charge in [0, 0.05) is 0 Å². The lowest BCUT2D eigenvalue weighted by molar-refractivity contribution is -0.778. The summed E-state index contributed by atoms with van der Waals surface area (Å²) in [5, 5.41) is 29.3. The molecular formula is C6H7N3O5. The van der Waals surface area contributed by atoms with E-state index in [4.69, 9.17) is 10.00 Å². The monoisotopic (exact) mass is 201 g/mol. The first-order chi connectivity index (χ1) is 6.53. The standard InChI is InChI=1S/C6H7N3O5/c7-4-6(8(10)11,9(12)13)2-1-5-3-14-5/h5H,1-3H2. The number of hydrogen-bond acceptors (Lipinski definition) is 6. The molecule has 1 rings (SSSR count). The van der Waals surface area contributed by atoms with Gasteiger partial charge in [0.2, 0.25) is 6.07 Å². The van der Waals surface area contributed by atoms with E-state index >= 15 is 0 Å². The minimum Gasteiger partial charge on any atom is -0.373 e. The molecule has 0 saturated carbocycles. The Labute approximate surface area is 78.4 Å². The zero-order valence-electron chi connectivity index (χ0n) is 7.08. The van der Waals surface area contributed by atoms with E-state index in [1.54, 1.807) is 0 Å². The van der Waals surface area contributed by atoms with Gasteiger partial charge < -0.3 is 4.74 Å². The minimum absolute atomic E-state index is 0.162. The Morgan fingerprint density at radius 2 is 2.00 bits per heavy atom. The summed E-state index contributed by atoms with van der Waals surface area (Å²) < 4.78 is 4.75. The summed E-state index contributed by atoms with van der Waals surface area (Å²) in [6, 6.07) is 1.14. The number of epoxide rings is 1. The molecule has 1 aliphatic rings. The van der Waals surface area contributed by atoms with Crippen molar-refractivity contribution >= 4 is 0 Å². The van der Waals surface area contributed by atoms with Crippen LogP contribution in [0.15, 0.2) is 0 Å². The molecule has 8 heteroatoms. The highest BCUT2D eigenvalue weighted by Gasteiger charge is 2.57. The van der Waals surface area contributed by atoms with E-state index in [0.29, 0.717) is 6.61 Å². The Morgan fingerprint density at radius 1 is 1.50 bits per heavy atom. The maximum atomic E-state index is 10.4. The molecular weight excluding hydrogens is 194 g/mol. The Balaban J connectivity index is 2.72. The van der Waals surface area contributed by atoms with Gasteiger partial charge in [-0.3, -0.25) is 20.2 Å². The maximum absolute atomic E-state index is 10.4. The highest BCUT2D eigenvalue weighted by atomic mass is 16.7. The average Bonchev–Trinajstić information content (AvgIpc) is 2.88. The van der Waals surface area contributed by atoms with Crippen molar-refractivity contribution in [3.8, 4) is 6.07 Å². The van der Waals surface area contributed by atoms with Crippen molar-refractivity contribution in [1.29, 1.82) is 5.26 Å². The number of ether oxygens (including phenoxy) is 1. The Bertz CT molecular complexity index is 291. The summed E-state index contributed by atoms with van der Waals surface area (Å²) in [6.07, 6.45) is -0.424. The van der Waals surface area contributed by atoms with E-state index in [0.717, 1.165) is 6.07 Å². The first-order valence-electron chi connectivity index (χ1n) is 3.85. The Kier molecular flexibility index (Phi) is 2.62. The molecule has 0 amide bonds. The normalized spacial score (nSPS) is 19.8. The van der Waals surface area contributed by atoms with Crippen molar-refractivity contribution in [1.82, 2.24) is 0 Å². The molecule has 0 spiro atoms. The van der Waals surface area contributed by atoms with Crippen LogP contribution < -0.4 is 0 Å². The van der Waals surface area contributed by atoms with Crippen molar-refractivity contribution in [2.24, 2.45) is 0 Å². The van der Waals surface area contributed by atoms with Gasteiger partial charge in [0.05, 0.1) is 12.7 Å². The molecule has 8 nitrogen and oxygen atoms in total.